The van der Waals surface area contributed by atoms with Crippen LogP contribution in [0.25, 0.3) is 11.2 Å². The number of hydrogen-bond donors (Lipinski definition) is 3. The number of H-pyrrole nitrogens is 1. The molecule has 2 aromatic heterocycles. The number of aliphatic hydroxyl groups is 2. The van der Waals surface area contributed by atoms with E-state index in [2.05, 4.69) is 15.0 Å². The molecule has 0 spiro atoms. The van der Waals surface area contributed by atoms with E-state index >= 15 is 0 Å². The van der Waals surface area contributed by atoms with Crippen LogP contribution in [-0.4, -0.2) is 63.1 Å². The summed E-state index contributed by atoms with van der Waals surface area (Å²) in [5.41, 5.74) is 0.619. The number of imidazole rings is 1. The minimum Gasteiger partial charge on any atom is -0.387 e. The molecule has 1 fully saturated rings. The summed E-state index contributed by atoms with van der Waals surface area (Å²) in [6.45, 7) is 1.32. The molecule has 1 aliphatic rings. The molecular weight excluding hydrogens is 404 g/mol. The van der Waals surface area contributed by atoms with Crippen molar-refractivity contribution >= 4 is 21.3 Å². The van der Waals surface area contributed by atoms with Crippen molar-refractivity contribution in [1.82, 2.24) is 19.5 Å². The lowest BCUT2D eigenvalue weighted by Gasteiger charge is -2.16. The van der Waals surface area contributed by atoms with Gasteiger partial charge in [-0.1, -0.05) is 17.7 Å². The van der Waals surface area contributed by atoms with Crippen LogP contribution in [0.5, 0.6) is 0 Å². The van der Waals surface area contributed by atoms with Gasteiger partial charge in [-0.05, 0) is 19.1 Å². The van der Waals surface area contributed by atoms with Crippen molar-refractivity contribution in [1.29, 1.82) is 0 Å². The molecule has 4 rings (SSSR count). The van der Waals surface area contributed by atoms with Gasteiger partial charge in [-0.25, -0.2) is 9.97 Å². The number of fused-ring (bicyclic) bond motifs is 1. The lowest BCUT2D eigenvalue weighted by Crippen LogP contribution is -2.34. The van der Waals surface area contributed by atoms with Gasteiger partial charge in [0.2, 0.25) is 0 Å². The summed E-state index contributed by atoms with van der Waals surface area (Å²) < 4.78 is 36.6. The van der Waals surface area contributed by atoms with Crippen LogP contribution >= 0.6 is 0 Å². The number of ether oxygens (including phenoxy) is 1. The zero-order chi connectivity index (χ0) is 20.8. The molecule has 12 heteroatoms. The lowest BCUT2D eigenvalue weighted by atomic mass is 10.1. The highest BCUT2D eigenvalue weighted by molar-refractivity contribution is 7.86. The molecule has 11 nitrogen and oxygen atoms in total. The van der Waals surface area contributed by atoms with Gasteiger partial charge in [-0.15, -0.1) is 0 Å². The molecule has 0 unspecified atom stereocenters. The highest BCUT2D eigenvalue weighted by atomic mass is 32.2. The summed E-state index contributed by atoms with van der Waals surface area (Å²) in [7, 11) is -4.07. The van der Waals surface area contributed by atoms with Gasteiger partial charge < -0.3 is 19.9 Å². The Labute approximate surface area is 164 Å². The number of aryl methyl sites for hydroxylation is 1. The maximum Gasteiger partial charge on any atom is 0.297 e. The summed E-state index contributed by atoms with van der Waals surface area (Å²) in [6.07, 6.45) is -2.67. The van der Waals surface area contributed by atoms with Crippen LogP contribution in [0.3, 0.4) is 0 Å². The number of aromatic amines is 1. The largest absolute Gasteiger partial charge is 0.387 e. The fourth-order valence-corrected chi connectivity index (χ4v) is 3.99. The molecular formula is C17H18N4O7S. The summed E-state index contributed by atoms with van der Waals surface area (Å²) in [5, 5.41) is 20.6. The predicted molar refractivity (Wildman–Crippen MR) is 98.4 cm³/mol. The number of benzene rings is 1. The van der Waals surface area contributed by atoms with Crippen molar-refractivity contribution in [3.05, 3.63) is 52.8 Å². The van der Waals surface area contributed by atoms with E-state index in [1.165, 1.54) is 29.4 Å². The highest BCUT2D eigenvalue weighted by Gasteiger charge is 2.45. The molecule has 1 aromatic carbocycles. The van der Waals surface area contributed by atoms with Gasteiger partial charge in [0.25, 0.3) is 15.7 Å². The topological polar surface area (TPSA) is 157 Å². The van der Waals surface area contributed by atoms with Crippen LogP contribution < -0.4 is 5.56 Å². The first-order chi connectivity index (χ1) is 13.8. The molecule has 3 N–H and O–H groups in total. The zero-order valence-electron chi connectivity index (χ0n) is 15.2. The molecule has 4 atom stereocenters. The Morgan fingerprint density at radius 3 is 2.66 bits per heavy atom. The quantitative estimate of drug-likeness (QED) is 0.459. The van der Waals surface area contributed by atoms with E-state index < -0.39 is 46.8 Å². The standard InChI is InChI=1S/C17H18N4O7S/c1-9-2-4-10(5-3-9)29(25,26)27-6-11-13(22)14(23)17(28-11)21-8-20-12-15(21)18-7-19-16(12)24/h2-5,7-8,11,13-14,17,22-23H,6H2,1H3,(H,18,19,24)/t11-,13-,14-,17-/m1/s1. The fourth-order valence-electron chi connectivity index (χ4n) is 3.08. The Balaban J connectivity index is 1.52. The Bertz CT molecular complexity index is 1190. The number of nitrogens with zero attached hydrogens (tertiary/aromatic N) is 3. The van der Waals surface area contributed by atoms with E-state index in [-0.39, 0.29) is 16.1 Å². The first-order valence-electron chi connectivity index (χ1n) is 8.66. The molecule has 0 amide bonds. The van der Waals surface area contributed by atoms with Crippen molar-refractivity contribution in [2.24, 2.45) is 0 Å². The number of aromatic nitrogens is 4. The average molecular weight is 422 g/mol. The van der Waals surface area contributed by atoms with E-state index in [0.717, 1.165) is 5.56 Å². The van der Waals surface area contributed by atoms with Gasteiger partial charge in [0.1, 0.15) is 18.3 Å². The second-order valence-electron chi connectivity index (χ2n) is 6.65. The molecule has 154 valence electrons. The molecule has 0 radical (unpaired) electrons. The third kappa shape index (κ3) is 3.56. The average Bonchev–Trinajstić information content (AvgIpc) is 3.24. The minimum atomic E-state index is -4.07. The number of aliphatic hydroxyl groups excluding tert-OH is 2. The maximum atomic E-state index is 12.3. The second-order valence-corrected chi connectivity index (χ2v) is 8.27. The summed E-state index contributed by atoms with van der Waals surface area (Å²) in [6, 6.07) is 6.09. The smallest absolute Gasteiger partial charge is 0.297 e. The van der Waals surface area contributed by atoms with E-state index in [1.54, 1.807) is 12.1 Å². The monoisotopic (exact) mass is 422 g/mol. The first-order valence-corrected chi connectivity index (χ1v) is 10.1. The SMILES string of the molecule is Cc1ccc(S(=O)(=O)OC[C@H]2O[C@@H](n3cnc4c(=O)[nH]cnc43)[C@H](O)[C@@H]2O)cc1. The van der Waals surface area contributed by atoms with Crippen molar-refractivity contribution in [2.45, 2.75) is 36.4 Å². The van der Waals surface area contributed by atoms with Crippen molar-refractivity contribution in [3.8, 4) is 0 Å². The van der Waals surface area contributed by atoms with Gasteiger partial charge in [0.05, 0.1) is 24.2 Å². The van der Waals surface area contributed by atoms with Crippen molar-refractivity contribution in [3.63, 3.8) is 0 Å². The third-order valence-corrected chi connectivity index (χ3v) is 5.97. The molecule has 0 saturated carbocycles. The van der Waals surface area contributed by atoms with Gasteiger partial charge in [0, 0.05) is 0 Å². The Morgan fingerprint density at radius 2 is 1.93 bits per heavy atom. The normalized spacial score (nSPS) is 24.9. The van der Waals surface area contributed by atoms with Crippen molar-refractivity contribution < 1.29 is 27.6 Å². The third-order valence-electron chi connectivity index (χ3n) is 4.67. The molecule has 3 heterocycles. The Kier molecular flexibility index (Phi) is 4.96. The van der Waals surface area contributed by atoms with Crippen LogP contribution in [0.4, 0.5) is 0 Å². The maximum absolute atomic E-state index is 12.3. The second kappa shape index (κ2) is 7.31. The number of rotatable bonds is 5. The van der Waals surface area contributed by atoms with E-state index in [9.17, 15) is 23.4 Å². The number of nitrogens with one attached hydrogen (secondary N) is 1. The Hall–Kier alpha value is -2.64. The molecule has 29 heavy (non-hydrogen) atoms. The van der Waals surface area contributed by atoms with Gasteiger partial charge in [-0.3, -0.25) is 13.5 Å². The van der Waals surface area contributed by atoms with Gasteiger partial charge in [-0.2, -0.15) is 8.42 Å². The molecule has 1 aliphatic heterocycles. The van der Waals surface area contributed by atoms with E-state index in [4.69, 9.17) is 8.92 Å². The zero-order valence-corrected chi connectivity index (χ0v) is 16.0. The van der Waals surface area contributed by atoms with E-state index in [0.29, 0.717) is 0 Å². The molecule has 0 bridgehead atoms. The van der Waals surface area contributed by atoms with Gasteiger partial charge >= 0.3 is 0 Å². The van der Waals surface area contributed by atoms with Gasteiger partial charge in [0.15, 0.2) is 17.4 Å². The van der Waals surface area contributed by atoms with Crippen LogP contribution in [0.2, 0.25) is 0 Å². The Morgan fingerprint density at radius 1 is 1.21 bits per heavy atom. The van der Waals surface area contributed by atoms with Crippen LogP contribution in [0.1, 0.15) is 11.8 Å². The number of hydrogen-bond acceptors (Lipinski definition) is 9. The fraction of sp³-hybridized carbons (Fsp3) is 0.353. The summed E-state index contributed by atoms with van der Waals surface area (Å²) in [5.74, 6) is 0. The minimum absolute atomic E-state index is 0.0308. The van der Waals surface area contributed by atoms with Crippen molar-refractivity contribution in [2.75, 3.05) is 6.61 Å². The highest BCUT2D eigenvalue weighted by Crippen LogP contribution is 2.31. The van der Waals surface area contributed by atoms with Crippen LogP contribution in [0, 0.1) is 6.92 Å². The molecule has 3 aromatic rings. The summed E-state index contributed by atoms with van der Waals surface area (Å²) >= 11 is 0. The van der Waals surface area contributed by atoms with E-state index in [1.807, 2.05) is 6.92 Å². The van der Waals surface area contributed by atoms with Crippen LogP contribution in [0.15, 0.2) is 46.6 Å². The molecule has 0 aliphatic carbocycles. The predicted octanol–water partition coefficient (Wildman–Crippen LogP) is -0.547. The van der Waals surface area contributed by atoms with Crippen LogP contribution in [-0.2, 0) is 19.0 Å². The lowest BCUT2D eigenvalue weighted by molar-refractivity contribution is -0.0467. The summed E-state index contributed by atoms with van der Waals surface area (Å²) in [4.78, 5) is 22.1. The first kappa shape index (κ1) is 19.7. The molecule has 1 saturated heterocycles.